The van der Waals surface area contributed by atoms with Crippen LogP contribution in [0.2, 0.25) is 0 Å². The molecule has 5 nitrogen and oxygen atoms in total. The maximum absolute atomic E-state index is 12.3. The first-order valence-corrected chi connectivity index (χ1v) is 8.36. The van der Waals surface area contributed by atoms with E-state index in [0.29, 0.717) is 18.1 Å². The van der Waals surface area contributed by atoms with Gasteiger partial charge in [-0.25, -0.2) is 4.98 Å². The van der Waals surface area contributed by atoms with Crippen molar-refractivity contribution in [3.63, 3.8) is 0 Å². The monoisotopic (exact) mass is 348 g/mol. The van der Waals surface area contributed by atoms with Gasteiger partial charge in [-0.05, 0) is 17.2 Å². The molecule has 1 heterocycles. The van der Waals surface area contributed by atoms with Crippen LogP contribution in [0.5, 0.6) is 5.88 Å². The zero-order valence-electron chi connectivity index (χ0n) is 14.2. The number of aliphatic hydroxyl groups excluding tert-OH is 1. The average molecular weight is 348 g/mol. The fourth-order valence-corrected chi connectivity index (χ4v) is 2.45. The third kappa shape index (κ3) is 4.91. The summed E-state index contributed by atoms with van der Waals surface area (Å²) in [6, 6.07) is 22.1. The van der Waals surface area contributed by atoms with Crippen molar-refractivity contribution in [2.45, 2.75) is 12.7 Å². The molecule has 3 rings (SSSR count). The summed E-state index contributed by atoms with van der Waals surface area (Å²) >= 11 is 0. The number of carbonyl (C=O) groups is 1. The van der Waals surface area contributed by atoms with Gasteiger partial charge in [-0.3, -0.25) is 4.79 Å². The SMILES string of the molecule is O=C(NC[C@@H](O)c1ccccc1)c1ccnc(OCc2ccccc2)c1. The van der Waals surface area contributed by atoms with Crippen LogP contribution in [-0.2, 0) is 6.61 Å². The van der Waals surface area contributed by atoms with Gasteiger partial charge in [0.05, 0.1) is 6.10 Å². The van der Waals surface area contributed by atoms with Crippen LogP contribution in [0.3, 0.4) is 0 Å². The summed E-state index contributed by atoms with van der Waals surface area (Å²) in [6.07, 6.45) is 0.777. The largest absolute Gasteiger partial charge is 0.473 e. The van der Waals surface area contributed by atoms with Gasteiger partial charge in [-0.1, -0.05) is 60.7 Å². The minimum atomic E-state index is -0.754. The number of pyridine rings is 1. The Hall–Kier alpha value is -3.18. The van der Waals surface area contributed by atoms with Crippen LogP contribution in [0, 0.1) is 0 Å². The molecule has 1 amide bonds. The van der Waals surface area contributed by atoms with Crippen LogP contribution in [0.1, 0.15) is 27.6 Å². The number of hydrogen-bond donors (Lipinski definition) is 2. The lowest BCUT2D eigenvalue weighted by molar-refractivity contribution is 0.0915. The van der Waals surface area contributed by atoms with Gasteiger partial charge in [0.1, 0.15) is 6.61 Å². The van der Waals surface area contributed by atoms with E-state index in [9.17, 15) is 9.90 Å². The molecule has 0 spiro atoms. The molecule has 0 radical (unpaired) electrons. The summed E-state index contributed by atoms with van der Waals surface area (Å²) in [4.78, 5) is 16.4. The molecule has 0 saturated heterocycles. The highest BCUT2D eigenvalue weighted by Crippen LogP contribution is 2.13. The zero-order valence-corrected chi connectivity index (χ0v) is 14.2. The molecule has 2 aromatic carbocycles. The van der Waals surface area contributed by atoms with Crippen LogP contribution >= 0.6 is 0 Å². The smallest absolute Gasteiger partial charge is 0.251 e. The Morgan fingerprint density at radius 2 is 1.73 bits per heavy atom. The van der Waals surface area contributed by atoms with Crippen LogP contribution in [0.4, 0.5) is 0 Å². The number of rotatable bonds is 7. The molecule has 0 unspecified atom stereocenters. The van der Waals surface area contributed by atoms with Crippen molar-refractivity contribution in [2.24, 2.45) is 0 Å². The molecule has 2 N–H and O–H groups in total. The van der Waals surface area contributed by atoms with Gasteiger partial charge in [0.15, 0.2) is 0 Å². The number of nitrogens with zero attached hydrogens (tertiary/aromatic N) is 1. The van der Waals surface area contributed by atoms with E-state index in [1.165, 1.54) is 6.20 Å². The van der Waals surface area contributed by atoms with E-state index in [4.69, 9.17) is 4.74 Å². The van der Waals surface area contributed by atoms with Crippen LogP contribution in [0.15, 0.2) is 79.0 Å². The summed E-state index contributed by atoms with van der Waals surface area (Å²) in [7, 11) is 0. The van der Waals surface area contributed by atoms with Crippen molar-refractivity contribution in [2.75, 3.05) is 6.54 Å². The second-order valence-electron chi connectivity index (χ2n) is 5.79. The number of carbonyl (C=O) groups excluding carboxylic acids is 1. The molecule has 0 bridgehead atoms. The Bertz CT molecular complexity index is 838. The highest BCUT2D eigenvalue weighted by molar-refractivity contribution is 5.94. The molecule has 1 atom stereocenters. The number of aromatic nitrogens is 1. The van der Waals surface area contributed by atoms with Crippen molar-refractivity contribution in [3.05, 3.63) is 95.7 Å². The molecule has 26 heavy (non-hydrogen) atoms. The van der Waals surface area contributed by atoms with Crippen LogP contribution in [0.25, 0.3) is 0 Å². The maximum atomic E-state index is 12.3. The number of amides is 1. The molecular weight excluding hydrogens is 328 g/mol. The van der Waals surface area contributed by atoms with Gasteiger partial charge >= 0.3 is 0 Å². The van der Waals surface area contributed by atoms with E-state index >= 15 is 0 Å². The molecule has 0 saturated carbocycles. The lowest BCUT2D eigenvalue weighted by atomic mass is 10.1. The summed E-state index contributed by atoms with van der Waals surface area (Å²) in [5, 5.41) is 12.9. The molecular formula is C21H20N2O3. The van der Waals surface area contributed by atoms with Crippen molar-refractivity contribution in [1.29, 1.82) is 0 Å². The summed E-state index contributed by atoms with van der Waals surface area (Å²) in [5.74, 6) is 0.0945. The topological polar surface area (TPSA) is 71.5 Å². The number of benzene rings is 2. The maximum Gasteiger partial charge on any atom is 0.251 e. The molecule has 1 aromatic heterocycles. The molecule has 0 aliphatic carbocycles. The quantitative estimate of drug-likeness (QED) is 0.688. The van der Waals surface area contributed by atoms with E-state index in [-0.39, 0.29) is 12.5 Å². The highest BCUT2D eigenvalue weighted by atomic mass is 16.5. The van der Waals surface area contributed by atoms with Crippen molar-refractivity contribution in [1.82, 2.24) is 10.3 Å². The fraction of sp³-hybridized carbons (Fsp3) is 0.143. The number of hydrogen-bond acceptors (Lipinski definition) is 4. The minimum Gasteiger partial charge on any atom is -0.473 e. The standard InChI is InChI=1S/C21H20N2O3/c24-19(17-9-5-2-6-10-17)14-23-21(25)18-11-12-22-20(13-18)26-15-16-7-3-1-4-8-16/h1-13,19,24H,14-15H2,(H,23,25)/t19-/m1/s1. The predicted octanol–water partition coefficient (Wildman–Crippen LogP) is 3.12. The summed E-state index contributed by atoms with van der Waals surface area (Å²) in [6.45, 7) is 0.511. The second-order valence-corrected chi connectivity index (χ2v) is 5.79. The fourth-order valence-electron chi connectivity index (χ4n) is 2.45. The average Bonchev–Trinajstić information content (AvgIpc) is 2.72. The van der Waals surface area contributed by atoms with E-state index in [1.54, 1.807) is 12.1 Å². The molecule has 0 aliphatic heterocycles. The minimum absolute atomic E-state index is 0.130. The molecule has 0 aliphatic rings. The molecule has 5 heteroatoms. The third-order valence-corrected chi connectivity index (χ3v) is 3.87. The van der Waals surface area contributed by atoms with E-state index in [2.05, 4.69) is 10.3 Å². The Balaban J connectivity index is 1.56. The zero-order chi connectivity index (χ0) is 18.2. The van der Waals surface area contributed by atoms with Gasteiger partial charge in [0, 0.05) is 24.4 Å². The van der Waals surface area contributed by atoms with Crippen LogP contribution < -0.4 is 10.1 Å². The Morgan fingerprint density at radius 3 is 2.46 bits per heavy atom. The molecule has 132 valence electrons. The van der Waals surface area contributed by atoms with Gasteiger partial charge in [-0.2, -0.15) is 0 Å². The normalized spacial score (nSPS) is 11.6. The first kappa shape index (κ1) is 17.6. The van der Waals surface area contributed by atoms with Gasteiger partial charge < -0.3 is 15.2 Å². The van der Waals surface area contributed by atoms with Gasteiger partial charge in [-0.15, -0.1) is 0 Å². The molecule has 0 fully saturated rings. The lowest BCUT2D eigenvalue weighted by Crippen LogP contribution is -2.28. The number of ether oxygens (including phenoxy) is 1. The number of aliphatic hydroxyl groups is 1. The van der Waals surface area contributed by atoms with E-state index in [1.807, 2.05) is 60.7 Å². The summed E-state index contributed by atoms with van der Waals surface area (Å²) in [5.41, 5.74) is 2.22. The first-order chi connectivity index (χ1) is 12.7. The predicted molar refractivity (Wildman–Crippen MR) is 98.7 cm³/mol. The van der Waals surface area contributed by atoms with Gasteiger partial charge in [0.2, 0.25) is 5.88 Å². The summed E-state index contributed by atoms with van der Waals surface area (Å²) < 4.78 is 5.64. The van der Waals surface area contributed by atoms with Crippen molar-refractivity contribution >= 4 is 5.91 Å². The molecule has 3 aromatic rings. The van der Waals surface area contributed by atoms with Gasteiger partial charge in [0.25, 0.3) is 5.91 Å². The Kier molecular flexibility index (Phi) is 5.96. The first-order valence-electron chi connectivity index (χ1n) is 8.36. The Morgan fingerprint density at radius 1 is 1.04 bits per heavy atom. The van der Waals surface area contributed by atoms with E-state index < -0.39 is 6.10 Å². The third-order valence-electron chi connectivity index (χ3n) is 3.87. The second kappa shape index (κ2) is 8.78. The highest BCUT2D eigenvalue weighted by Gasteiger charge is 2.11. The number of nitrogens with one attached hydrogen (secondary N) is 1. The van der Waals surface area contributed by atoms with Crippen molar-refractivity contribution < 1.29 is 14.6 Å². The van der Waals surface area contributed by atoms with E-state index in [0.717, 1.165) is 11.1 Å². The van der Waals surface area contributed by atoms with Crippen molar-refractivity contribution in [3.8, 4) is 5.88 Å². The Labute approximate surface area is 152 Å². The van der Waals surface area contributed by atoms with Crippen LogP contribution in [-0.4, -0.2) is 22.5 Å². The lowest BCUT2D eigenvalue weighted by Gasteiger charge is -2.12.